The molecule has 2 fully saturated rings. The molecule has 0 amide bonds. The number of aliphatic hydroxyl groups is 1. The number of hydrogen-bond acceptors (Lipinski definition) is 5. The molecule has 2 rings (SSSR count). The summed E-state index contributed by atoms with van der Waals surface area (Å²) in [5, 5.41) is 9.03. The summed E-state index contributed by atoms with van der Waals surface area (Å²) in [7, 11) is -6.52. The second-order valence-electron chi connectivity index (χ2n) is 5.50. The van der Waals surface area contributed by atoms with Crippen molar-refractivity contribution in [3.8, 4) is 0 Å². The van der Waals surface area contributed by atoms with Crippen molar-refractivity contribution >= 4 is 19.9 Å². The van der Waals surface area contributed by atoms with E-state index in [1.54, 1.807) is 0 Å². The molecule has 0 aromatic carbocycles. The molecule has 6 nitrogen and oxygen atoms in total. The Bertz CT molecular complexity index is 499. The van der Waals surface area contributed by atoms with Crippen LogP contribution in [0.5, 0.6) is 0 Å². The molecule has 1 heterocycles. The van der Waals surface area contributed by atoms with Gasteiger partial charge in [0.05, 0.1) is 22.9 Å². The first-order valence-electron chi connectivity index (χ1n) is 6.67. The van der Waals surface area contributed by atoms with Gasteiger partial charge in [-0.1, -0.05) is 6.42 Å². The Morgan fingerprint density at radius 3 is 2.26 bits per heavy atom. The zero-order valence-electron chi connectivity index (χ0n) is 10.8. The molecular formula is C11H21NO5S2. The lowest BCUT2D eigenvalue weighted by atomic mass is 10.1. The average molecular weight is 311 g/mol. The fourth-order valence-corrected chi connectivity index (χ4v) is 6.10. The van der Waals surface area contributed by atoms with E-state index in [9.17, 15) is 21.9 Å². The summed E-state index contributed by atoms with van der Waals surface area (Å²) >= 11 is 0. The second-order valence-corrected chi connectivity index (χ2v) is 9.85. The number of hydrogen-bond donors (Lipinski definition) is 2. The summed E-state index contributed by atoms with van der Waals surface area (Å²) in [6.45, 7) is 0.257. The minimum absolute atomic E-state index is 0.0119. The number of sulfonamides is 1. The Balaban J connectivity index is 1.88. The van der Waals surface area contributed by atoms with E-state index in [2.05, 4.69) is 4.72 Å². The molecule has 2 unspecified atom stereocenters. The number of sulfone groups is 1. The van der Waals surface area contributed by atoms with E-state index in [4.69, 9.17) is 0 Å². The third-order valence-corrected chi connectivity index (χ3v) is 7.74. The van der Waals surface area contributed by atoms with Crippen molar-refractivity contribution in [2.24, 2.45) is 5.92 Å². The molecule has 19 heavy (non-hydrogen) atoms. The Labute approximate surface area is 114 Å². The van der Waals surface area contributed by atoms with E-state index in [1.165, 1.54) is 0 Å². The summed E-state index contributed by atoms with van der Waals surface area (Å²) in [6.07, 6.45) is 2.41. The van der Waals surface area contributed by atoms with Crippen LogP contribution in [-0.4, -0.2) is 51.3 Å². The first-order valence-corrected chi connectivity index (χ1v) is 10.0. The molecule has 0 radical (unpaired) electrons. The van der Waals surface area contributed by atoms with Gasteiger partial charge in [-0.05, 0) is 31.6 Å². The highest BCUT2D eigenvalue weighted by Gasteiger charge is 2.34. The molecule has 2 atom stereocenters. The Morgan fingerprint density at radius 1 is 1.11 bits per heavy atom. The maximum absolute atomic E-state index is 12.1. The van der Waals surface area contributed by atoms with Gasteiger partial charge in [0.2, 0.25) is 10.0 Å². The van der Waals surface area contributed by atoms with Crippen LogP contribution in [0.2, 0.25) is 0 Å². The molecule has 1 saturated carbocycles. The van der Waals surface area contributed by atoms with E-state index in [0.29, 0.717) is 0 Å². The maximum atomic E-state index is 12.1. The van der Waals surface area contributed by atoms with Gasteiger partial charge in [-0.2, -0.15) is 0 Å². The molecule has 0 aromatic rings. The lowest BCUT2D eigenvalue weighted by molar-refractivity contribution is 0.134. The topological polar surface area (TPSA) is 101 Å². The van der Waals surface area contributed by atoms with Crippen molar-refractivity contribution in [1.82, 2.24) is 4.72 Å². The van der Waals surface area contributed by atoms with Crippen LogP contribution in [0.4, 0.5) is 0 Å². The van der Waals surface area contributed by atoms with Gasteiger partial charge in [0.25, 0.3) is 0 Å². The highest BCUT2D eigenvalue weighted by Crippen LogP contribution is 2.25. The first-order chi connectivity index (χ1) is 8.80. The van der Waals surface area contributed by atoms with Crippen LogP contribution in [0.15, 0.2) is 0 Å². The van der Waals surface area contributed by atoms with Gasteiger partial charge in [-0.3, -0.25) is 0 Å². The van der Waals surface area contributed by atoms with Gasteiger partial charge < -0.3 is 5.11 Å². The second kappa shape index (κ2) is 5.67. The van der Waals surface area contributed by atoms with Gasteiger partial charge in [-0.15, -0.1) is 0 Å². The molecule has 0 aromatic heterocycles. The Hall–Kier alpha value is -0.180. The SMILES string of the molecule is O=S1(=O)CCC(S(=O)(=O)NCC2CCCC2O)CC1. The van der Waals surface area contributed by atoms with Crippen LogP contribution < -0.4 is 4.72 Å². The van der Waals surface area contributed by atoms with Crippen LogP contribution in [-0.2, 0) is 19.9 Å². The quantitative estimate of drug-likeness (QED) is 0.739. The molecule has 2 aliphatic rings. The van der Waals surface area contributed by atoms with Crippen LogP contribution in [0.1, 0.15) is 32.1 Å². The molecule has 2 N–H and O–H groups in total. The highest BCUT2D eigenvalue weighted by molar-refractivity contribution is 7.92. The third kappa shape index (κ3) is 3.90. The van der Waals surface area contributed by atoms with E-state index in [-0.39, 0.29) is 36.8 Å². The average Bonchev–Trinajstić information content (AvgIpc) is 2.72. The zero-order chi connectivity index (χ0) is 14.1. The normalized spacial score (nSPS) is 32.5. The predicted octanol–water partition coefficient (Wildman–Crippen LogP) is -0.356. The fraction of sp³-hybridized carbons (Fsp3) is 1.00. The van der Waals surface area contributed by atoms with Gasteiger partial charge in [0, 0.05) is 6.54 Å². The van der Waals surface area contributed by atoms with Crippen molar-refractivity contribution in [2.45, 2.75) is 43.5 Å². The fourth-order valence-electron chi connectivity index (χ4n) is 2.78. The lowest BCUT2D eigenvalue weighted by Crippen LogP contribution is -2.42. The standard InChI is InChI=1S/C11H21NO5S2/c13-11-3-1-2-9(11)8-12-19(16,17)10-4-6-18(14,15)7-5-10/h9-13H,1-8H2. The third-order valence-electron chi connectivity index (χ3n) is 4.11. The number of aliphatic hydroxyl groups excluding tert-OH is 1. The molecule has 0 spiro atoms. The summed E-state index contributed by atoms with van der Waals surface area (Å²) in [6, 6.07) is 0. The summed E-state index contributed by atoms with van der Waals surface area (Å²) in [5.41, 5.74) is 0. The number of nitrogens with one attached hydrogen (secondary N) is 1. The van der Waals surface area contributed by atoms with Crippen molar-refractivity contribution in [3.05, 3.63) is 0 Å². The van der Waals surface area contributed by atoms with E-state index < -0.39 is 31.2 Å². The number of rotatable bonds is 4. The van der Waals surface area contributed by atoms with Gasteiger partial charge in [-0.25, -0.2) is 21.6 Å². The Morgan fingerprint density at radius 2 is 1.74 bits per heavy atom. The summed E-state index contributed by atoms with van der Waals surface area (Å²) in [5.74, 6) is -0.114. The van der Waals surface area contributed by atoms with Crippen LogP contribution >= 0.6 is 0 Å². The van der Waals surface area contributed by atoms with Crippen molar-refractivity contribution in [3.63, 3.8) is 0 Å². The van der Waals surface area contributed by atoms with Gasteiger partial charge in [0.1, 0.15) is 9.84 Å². The first kappa shape index (κ1) is 15.2. The molecule has 1 aliphatic carbocycles. The largest absolute Gasteiger partial charge is 0.393 e. The predicted molar refractivity (Wildman–Crippen MR) is 71.9 cm³/mol. The van der Waals surface area contributed by atoms with E-state index in [1.807, 2.05) is 0 Å². The van der Waals surface area contributed by atoms with Crippen LogP contribution in [0, 0.1) is 5.92 Å². The van der Waals surface area contributed by atoms with Gasteiger partial charge in [0.15, 0.2) is 0 Å². The highest BCUT2D eigenvalue weighted by atomic mass is 32.2. The van der Waals surface area contributed by atoms with Crippen LogP contribution in [0.25, 0.3) is 0 Å². The zero-order valence-corrected chi connectivity index (χ0v) is 12.4. The minimum Gasteiger partial charge on any atom is -0.393 e. The van der Waals surface area contributed by atoms with Gasteiger partial charge >= 0.3 is 0 Å². The lowest BCUT2D eigenvalue weighted by Gasteiger charge is -2.23. The summed E-state index contributed by atoms with van der Waals surface area (Å²) in [4.78, 5) is 0. The van der Waals surface area contributed by atoms with E-state index >= 15 is 0 Å². The maximum Gasteiger partial charge on any atom is 0.214 e. The minimum atomic E-state index is -3.47. The van der Waals surface area contributed by atoms with Crippen LogP contribution in [0.3, 0.4) is 0 Å². The van der Waals surface area contributed by atoms with E-state index in [0.717, 1.165) is 19.3 Å². The molecule has 1 aliphatic heterocycles. The molecule has 8 heteroatoms. The molecule has 1 saturated heterocycles. The summed E-state index contributed by atoms with van der Waals surface area (Å²) < 4.78 is 49.3. The van der Waals surface area contributed by atoms with Crippen molar-refractivity contribution in [1.29, 1.82) is 0 Å². The smallest absolute Gasteiger partial charge is 0.214 e. The van der Waals surface area contributed by atoms with Crippen molar-refractivity contribution in [2.75, 3.05) is 18.1 Å². The Kier molecular flexibility index (Phi) is 4.54. The molecule has 112 valence electrons. The molecular weight excluding hydrogens is 290 g/mol. The molecule has 0 bridgehead atoms. The van der Waals surface area contributed by atoms with Crippen molar-refractivity contribution < 1.29 is 21.9 Å². The monoisotopic (exact) mass is 311 g/mol.